The fraction of sp³-hybridized carbons (Fsp3) is 0.370. The molecule has 0 spiro atoms. The summed E-state index contributed by atoms with van der Waals surface area (Å²) in [5.41, 5.74) is 7.62. The summed E-state index contributed by atoms with van der Waals surface area (Å²) in [5.74, 6) is 1.86. The smallest absolute Gasteiger partial charge is 0.457 e. The van der Waals surface area contributed by atoms with E-state index in [1.54, 1.807) is 24.3 Å². The third kappa shape index (κ3) is 15.9. The second-order valence-corrected chi connectivity index (χ2v) is 20.0. The normalized spacial score (nSPS) is 14.0. The number of aryl methyl sites for hydroxylation is 2. The Morgan fingerprint density at radius 3 is 1.25 bits per heavy atom. The van der Waals surface area contributed by atoms with Crippen molar-refractivity contribution in [2.75, 3.05) is 0 Å². The molecule has 6 aromatic rings. The monoisotopic (exact) mass is 1120 g/mol. The van der Waals surface area contributed by atoms with Gasteiger partial charge in [0.05, 0.1) is 14.8 Å². The van der Waals surface area contributed by atoms with Crippen LogP contribution in [-0.4, -0.2) is 41.0 Å². The lowest BCUT2D eigenvalue weighted by Gasteiger charge is -2.32. The number of aromatic amines is 2. The summed E-state index contributed by atoms with van der Waals surface area (Å²) in [6.45, 7) is 23.8. The van der Waals surface area contributed by atoms with E-state index in [2.05, 4.69) is 55.9 Å². The molecule has 0 aliphatic carbocycles. The van der Waals surface area contributed by atoms with E-state index in [0.29, 0.717) is 41.7 Å². The Morgan fingerprint density at radius 2 is 0.875 bits per heavy atom. The molecule has 7 rings (SSSR count). The maximum atomic E-state index is 12.8. The van der Waals surface area contributed by atoms with E-state index in [1.807, 2.05) is 93.5 Å². The van der Waals surface area contributed by atoms with Gasteiger partial charge in [0.15, 0.2) is 10.9 Å². The molecule has 0 atom stereocenters. The maximum absolute atomic E-state index is 12.8. The molecule has 386 valence electrons. The molecular weight excluding hydrogens is 1060 g/mol. The van der Waals surface area contributed by atoms with Gasteiger partial charge in [0, 0.05) is 52.2 Å². The van der Waals surface area contributed by atoms with Gasteiger partial charge in [-0.2, -0.15) is 0 Å². The van der Waals surface area contributed by atoms with E-state index >= 15 is 0 Å². The Bertz CT molecular complexity index is 2870. The van der Waals surface area contributed by atoms with Crippen LogP contribution in [0.4, 0.5) is 26.3 Å². The highest BCUT2D eigenvalue weighted by atomic mass is 127. The molecule has 72 heavy (non-hydrogen) atoms. The molecule has 0 unspecified atom stereocenters. The Labute approximate surface area is 430 Å². The van der Waals surface area contributed by atoms with Crippen molar-refractivity contribution in [1.29, 1.82) is 0 Å². The van der Waals surface area contributed by atoms with Crippen LogP contribution in [0, 0.1) is 31.3 Å². The van der Waals surface area contributed by atoms with Crippen molar-refractivity contribution in [1.82, 2.24) is 9.97 Å². The lowest BCUT2D eigenvalue weighted by atomic mass is 9.81. The number of hydrogen-bond donors (Lipinski definition) is 2. The molecule has 0 radical (unpaired) electrons. The number of ether oxygens (including phenoxy) is 4. The number of hydrogen-bond acceptors (Lipinski definition) is 8. The third-order valence-electron chi connectivity index (χ3n) is 12.2. The Hall–Kier alpha value is -5.73. The van der Waals surface area contributed by atoms with Gasteiger partial charge in [-0.05, 0) is 174 Å². The molecule has 18 heteroatoms. The van der Waals surface area contributed by atoms with Crippen LogP contribution in [0.5, 0.6) is 34.5 Å². The van der Waals surface area contributed by atoms with Crippen LogP contribution in [0.2, 0.25) is 0 Å². The quantitative estimate of drug-likeness (QED) is 0.0706. The van der Waals surface area contributed by atoms with Gasteiger partial charge in [-0.3, -0.25) is 9.59 Å². The lowest BCUT2D eigenvalue weighted by Crippen LogP contribution is -2.41. The first kappa shape index (κ1) is 57.2. The maximum Gasteiger partial charge on any atom is 0.573 e. The first-order valence-electron chi connectivity index (χ1n) is 23.1. The largest absolute Gasteiger partial charge is 0.573 e. The van der Waals surface area contributed by atoms with Crippen LogP contribution in [0.15, 0.2) is 107 Å². The van der Waals surface area contributed by atoms with E-state index < -0.39 is 12.7 Å². The van der Waals surface area contributed by atoms with E-state index in [-0.39, 0.29) is 46.6 Å². The summed E-state index contributed by atoms with van der Waals surface area (Å²) in [5, 5.41) is 0. The summed E-state index contributed by atoms with van der Waals surface area (Å²) in [4.78, 5) is 31.1. The predicted octanol–water partition coefficient (Wildman–Crippen LogP) is 14.7. The molecule has 10 nitrogen and oxygen atoms in total. The van der Waals surface area contributed by atoms with Gasteiger partial charge < -0.3 is 38.2 Å². The molecule has 1 aliphatic rings. The zero-order valence-electron chi connectivity index (χ0n) is 42.3. The molecule has 1 fully saturated rings. The highest BCUT2D eigenvalue weighted by molar-refractivity contribution is 14.1. The van der Waals surface area contributed by atoms with Crippen LogP contribution in [-0.2, 0) is 22.0 Å². The number of H-pyrrole nitrogens is 2. The van der Waals surface area contributed by atoms with E-state index in [0.717, 1.165) is 54.2 Å². The topological polar surface area (TPSA) is 121 Å². The van der Waals surface area contributed by atoms with Gasteiger partial charge in [-0.25, -0.2) is 0 Å². The zero-order chi connectivity index (χ0) is 53.5. The predicted molar refractivity (Wildman–Crippen MR) is 276 cm³/mol. The number of nitrogens with one attached hydrogen (secondary N) is 2. The first-order valence-corrected chi connectivity index (χ1v) is 24.2. The average molecular weight is 1120 g/mol. The number of rotatable bonds is 12. The Balaban J connectivity index is 0.000000216. The summed E-state index contributed by atoms with van der Waals surface area (Å²) >= 11 is 2.12. The minimum absolute atomic E-state index is 0.0569. The van der Waals surface area contributed by atoms with Crippen molar-refractivity contribution in [3.63, 3.8) is 0 Å². The van der Waals surface area contributed by atoms with Crippen molar-refractivity contribution >= 4 is 29.7 Å². The molecule has 3 heterocycles. The molecule has 0 bridgehead atoms. The average Bonchev–Trinajstić information content (AvgIpc) is 3.50. The Morgan fingerprint density at radius 1 is 0.542 bits per heavy atom. The van der Waals surface area contributed by atoms with Gasteiger partial charge in [0.1, 0.15) is 34.5 Å². The highest BCUT2D eigenvalue weighted by Gasteiger charge is 2.50. The summed E-state index contributed by atoms with van der Waals surface area (Å²) < 4.78 is 105. The summed E-state index contributed by atoms with van der Waals surface area (Å²) in [6, 6.07) is 25.1. The van der Waals surface area contributed by atoms with Gasteiger partial charge in [-0.15, -0.1) is 26.3 Å². The van der Waals surface area contributed by atoms with E-state index in [4.69, 9.17) is 18.8 Å². The summed E-state index contributed by atoms with van der Waals surface area (Å²) in [6.07, 6.45) is -8.34. The molecule has 4 aromatic carbocycles. The molecule has 0 amide bonds. The van der Waals surface area contributed by atoms with Gasteiger partial charge in [0.2, 0.25) is 0 Å². The van der Waals surface area contributed by atoms with Crippen molar-refractivity contribution in [3.05, 3.63) is 172 Å². The van der Waals surface area contributed by atoms with E-state index in [9.17, 15) is 35.9 Å². The van der Waals surface area contributed by atoms with Crippen LogP contribution in [0.3, 0.4) is 0 Å². The van der Waals surface area contributed by atoms with Crippen LogP contribution >= 0.6 is 22.6 Å². The van der Waals surface area contributed by atoms with Crippen molar-refractivity contribution < 1.29 is 54.6 Å². The van der Waals surface area contributed by atoms with E-state index in [1.165, 1.54) is 48.5 Å². The summed E-state index contributed by atoms with van der Waals surface area (Å²) in [7, 11) is -0.321. The third-order valence-corrected chi connectivity index (χ3v) is 13.2. The minimum Gasteiger partial charge on any atom is -0.457 e. The van der Waals surface area contributed by atoms with Crippen molar-refractivity contribution in [2.45, 2.75) is 132 Å². The van der Waals surface area contributed by atoms with Gasteiger partial charge >= 0.3 is 19.8 Å². The van der Waals surface area contributed by atoms with Crippen molar-refractivity contribution in [2.24, 2.45) is 0 Å². The van der Waals surface area contributed by atoms with Crippen LogP contribution in [0.1, 0.15) is 118 Å². The molecule has 1 aliphatic heterocycles. The minimum atomic E-state index is -4.73. The number of alkyl halides is 6. The lowest BCUT2D eigenvalue weighted by molar-refractivity contribution is -0.275. The SMILES string of the molecule is CC1(C)OB(Cc2ccc(Oc3ccc(OC(F)(F)F)cc3)cc2)OC1(C)C.Cc1[nH]c(C(C)C)c(Cc2ccc(Oc3ccc(OC(F)(F)F)cc3)cc2)c(=O)c1C.Cc1[nH]c(C(C)C)c(I)c(=O)c1C. The van der Waals surface area contributed by atoms with Crippen LogP contribution < -0.4 is 29.8 Å². The van der Waals surface area contributed by atoms with Gasteiger partial charge in [-0.1, -0.05) is 52.0 Å². The standard InChI is InChI=1S/C24H24F3NO3.C20H22BF3O4.C10H14INO/c1-14(2)22-21(23(29)15(3)16(4)28-22)13-17-5-7-18(8-6-17)30-19-9-11-20(12-10-19)31-24(25,26)27;1-18(2)19(3,4)28-21(27-18)13-14-5-7-15(8-6-14)25-16-9-11-17(12-10-16)26-20(22,23)24;1-5(2)9-8(11)10(13)6(3)7(4)12-9/h5-12,14H,13H2,1-4H3,(H,28,29);5-12H,13H2,1-4H3;5H,1-4H3,(H,12,13). The number of benzene rings is 4. The van der Waals surface area contributed by atoms with Crippen LogP contribution in [0.25, 0.3) is 0 Å². The molecular formula is C54H60BF6IN2O8. The van der Waals surface area contributed by atoms with Crippen molar-refractivity contribution in [3.8, 4) is 34.5 Å². The molecule has 1 saturated heterocycles. The second kappa shape index (κ2) is 23.4. The fourth-order valence-corrected chi connectivity index (χ4v) is 8.43. The number of halogens is 7. The van der Waals surface area contributed by atoms with Gasteiger partial charge in [0.25, 0.3) is 0 Å². The number of pyridine rings is 2. The fourth-order valence-electron chi connectivity index (χ4n) is 7.27. The molecule has 0 saturated carbocycles. The highest BCUT2D eigenvalue weighted by Crippen LogP contribution is 2.38. The zero-order valence-corrected chi connectivity index (χ0v) is 44.5. The molecule has 2 N–H and O–H groups in total. The number of aromatic nitrogens is 2. The Kier molecular flexibility index (Phi) is 18.6. The first-order chi connectivity index (χ1) is 33.4. The second-order valence-electron chi connectivity index (χ2n) is 18.9. The molecule has 2 aromatic heterocycles.